The molecule has 80 valence electrons. The van der Waals surface area contributed by atoms with Gasteiger partial charge in [0, 0.05) is 12.5 Å². The largest absolute Gasteiger partial charge is 0.340 e. The maximum absolute atomic E-state index is 11.4. The molecule has 0 aromatic carbocycles. The van der Waals surface area contributed by atoms with Gasteiger partial charge in [-0.2, -0.15) is 0 Å². The lowest BCUT2D eigenvalue weighted by molar-refractivity contribution is -0.122. The molecule has 0 fully saturated rings. The van der Waals surface area contributed by atoms with Gasteiger partial charge < -0.3 is 11.1 Å². The summed E-state index contributed by atoms with van der Waals surface area (Å²) in [5.41, 5.74) is 5.02. The zero-order chi connectivity index (χ0) is 11.2. The summed E-state index contributed by atoms with van der Waals surface area (Å²) >= 11 is 0. The first-order chi connectivity index (χ1) is 6.37. The van der Waals surface area contributed by atoms with Crippen molar-refractivity contribution in [3.05, 3.63) is 0 Å². The lowest BCUT2D eigenvalue weighted by Crippen LogP contribution is -2.42. The molecule has 1 unspecified atom stereocenters. The van der Waals surface area contributed by atoms with Gasteiger partial charge in [0.25, 0.3) is 0 Å². The second kappa shape index (κ2) is 5.66. The Hall–Kier alpha value is -1.01. The Morgan fingerprint density at radius 1 is 1.64 bits per heavy atom. The van der Waals surface area contributed by atoms with Gasteiger partial charge in [-0.15, -0.1) is 6.42 Å². The van der Waals surface area contributed by atoms with Gasteiger partial charge in [0.05, 0.1) is 5.54 Å². The Labute approximate surface area is 86.4 Å². The molecule has 1 atom stereocenters. The molecule has 0 rings (SSSR count). The Balaban J connectivity index is 3.73. The third-order valence-electron chi connectivity index (χ3n) is 1.88. The van der Waals surface area contributed by atoms with Gasteiger partial charge in [-0.05, 0) is 33.6 Å². The van der Waals surface area contributed by atoms with Crippen LogP contribution in [-0.2, 0) is 4.79 Å². The molecule has 0 aliphatic carbocycles. The molecule has 0 saturated heterocycles. The molecular weight excluding hydrogens is 176 g/mol. The zero-order valence-corrected chi connectivity index (χ0v) is 9.26. The van der Waals surface area contributed by atoms with Crippen LogP contribution < -0.4 is 11.1 Å². The van der Waals surface area contributed by atoms with Crippen molar-refractivity contribution in [1.29, 1.82) is 0 Å². The van der Waals surface area contributed by atoms with Crippen LogP contribution in [-0.4, -0.2) is 17.5 Å². The summed E-state index contributed by atoms with van der Waals surface area (Å²) in [6, 6.07) is 0.156. The molecule has 0 bridgehead atoms. The van der Waals surface area contributed by atoms with Gasteiger partial charge in [0.15, 0.2) is 0 Å². The molecule has 0 spiro atoms. The number of rotatable bonds is 5. The van der Waals surface area contributed by atoms with Crippen molar-refractivity contribution in [2.75, 3.05) is 0 Å². The van der Waals surface area contributed by atoms with Crippen LogP contribution >= 0.6 is 0 Å². The molecule has 3 N–H and O–H groups in total. The average Bonchev–Trinajstić information content (AvgIpc) is 2.02. The van der Waals surface area contributed by atoms with Crippen LogP contribution in [0.4, 0.5) is 0 Å². The first-order valence-electron chi connectivity index (χ1n) is 4.92. The summed E-state index contributed by atoms with van der Waals surface area (Å²) in [5.74, 6) is 2.51. The number of hydrogen-bond acceptors (Lipinski definition) is 2. The Bertz CT molecular complexity index is 226. The van der Waals surface area contributed by atoms with Crippen molar-refractivity contribution in [3.8, 4) is 12.3 Å². The number of amides is 1. The summed E-state index contributed by atoms with van der Waals surface area (Å²) < 4.78 is 0. The van der Waals surface area contributed by atoms with E-state index in [1.54, 1.807) is 13.8 Å². The first kappa shape index (κ1) is 13.0. The highest BCUT2D eigenvalue weighted by atomic mass is 16.1. The van der Waals surface area contributed by atoms with Crippen LogP contribution in [0.2, 0.25) is 0 Å². The van der Waals surface area contributed by atoms with E-state index in [4.69, 9.17) is 12.2 Å². The molecule has 0 aromatic heterocycles. The number of carbonyl (C=O) groups excluding carboxylic acids is 1. The number of terminal acetylenes is 1. The maximum Gasteiger partial charge on any atom is 0.221 e. The minimum absolute atomic E-state index is 0.00593. The molecule has 0 aliphatic heterocycles. The van der Waals surface area contributed by atoms with Crippen molar-refractivity contribution >= 4 is 5.91 Å². The van der Waals surface area contributed by atoms with Crippen LogP contribution in [0, 0.1) is 12.3 Å². The minimum atomic E-state index is -0.550. The molecule has 14 heavy (non-hydrogen) atoms. The minimum Gasteiger partial charge on any atom is -0.340 e. The summed E-state index contributed by atoms with van der Waals surface area (Å²) in [5, 5.41) is 2.76. The SMILES string of the molecule is C#CC(C)(C)NC(=O)CCCC(C)N. The van der Waals surface area contributed by atoms with Crippen LogP contribution in [0.1, 0.15) is 40.0 Å². The van der Waals surface area contributed by atoms with E-state index in [2.05, 4.69) is 11.2 Å². The van der Waals surface area contributed by atoms with Gasteiger partial charge in [0.1, 0.15) is 0 Å². The molecule has 3 heteroatoms. The quantitative estimate of drug-likeness (QED) is 0.645. The smallest absolute Gasteiger partial charge is 0.221 e. The zero-order valence-electron chi connectivity index (χ0n) is 9.26. The molecule has 3 nitrogen and oxygen atoms in total. The maximum atomic E-state index is 11.4. The third kappa shape index (κ3) is 6.50. The Morgan fingerprint density at radius 3 is 2.64 bits per heavy atom. The standard InChI is InChI=1S/C11H20N2O/c1-5-11(3,4)13-10(14)8-6-7-9(2)12/h1,9H,6-8,12H2,2-4H3,(H,13,14). The van der Waals surface area contributed by atoms with Crippen molar-refractivity contribution in [2.45, 2.75) is 51.6 Å². The molecule has 0 saturated carbocycles. The molecule has 0 aromatic rings. The van der Waals surface area contributed by atoms with Gasteiger partial charge in [-0.1, -0.05) is 5.92 Å². The van der Waals surface area contributed by atoms with Gasteiger partial charge in [0.2, 0.25) is 5.91 Å². The number of carbonyl (C=O) groups is 1. The summed E-state index contributed by atoms with van der Waals surface area (Å²) in [7, 11) is 0. The molecule has 1 amide bonds. The second-order valence-corrected chi connectivity index (χ2v) is 4.19. The summed E-state index contributed by atoms with van der Waals surface area (Å²) in [6.45, 7) is 5.54. The molecule has 0 aliphatic rings. The molecular formula is C11H20N2O. The summed E-state index contributed by atoms with van der Waals surface area (Å²) in [6.07, 6.45) is 7.41. The van der Waals surface area contributed by atoms with E-state index in [1.165, 1.54) is 0 Å². The molecule has 0 heterocycles. The highest BCUT2D eigenvalue weighted by Gasteiger charge is 2.16. The van der Waals surface area contributed by atoms with Gasteiger partial charge >= 0.3 is 0 Å². The normalized spacial score (nSPS) is 13.1. The van der Waals surface area contributed by atoms with Gasteiger partial charge in [-0.25, -0.2) is 0 Å². The van der Waals surface area contributed by atoms with E-state index in [0.29, 0.717) is 6.42 Å². The highest BCUT2D eigenvalue weighted by Crippen LogP contribution is 2.03. The van der Waals surface area contributed by atoms with E-state index < -0.39 is 5.54 Å². The van der Waals surface area contributed by atoms with Crippen molar-refractivity contribution in [2.24, 2.45) is 5.73 Å². The van der Waals surface area contributed by atoms with Crippen LogP contribution in [0.3, 0.4) is 0 Å². The van der Waals surface area contributed by atoms with E-state index in [-0.39, 0.29) is 11.9 Å². The highest BCUT2D eigenvalue weighted by molar-refractivity contribution is 5.77. The van der Waals surface area contributed by atoms with E-state index in [1.807, 2.05) is 6.92 Å². The summed E-state index contributed by atoms with van der Waals surface area (Å²) in [4.78, 5) is 11.4. The van der Waals surface area contributed by atoms with E-state index in [0.717, 1.165) is 12.8 Å². The first-order valence-corrected chi connectivity index (χ1v) is 4.92. The predicted molar refractivity (Wildman–Crippen MR) is 58.6 cm³/mol. The number of hydrogen-bond donors (Lipinski definition) is 2. The topological polar surface area (TPSA) is 55.1 Å². The monoisotopic (exact) mass is 196 g/mol. The average molecular weight is 196 g/mol. The fourth-order valence-electron chi connectivity index (χ4n) is 1.03. The molecule has 0 radical (unpaired) electrons. The lowest BCUT2D eigenvalue weighted by atomic mass is 10.1. The van der Waals surface area contributed by atoms with Crippen molar-refractivity contribution in [3.63, 3.8) is 0 Å². The fraction of sp³-hybridized carbons (Fsp3) is 0.727. The third-order valence-corrected chi connectivity index (χ3v) is 1.88. The lowest BCUT2D eigenvalue weighted by Gasteiger charge is -2.19. The van der Waals surface area contributed by atoms with E-state index in [9.17, 15) is 4.79 Å². The van der Waals surface area contributed by atoms with Crippen molar-refractivity contribution in [1.82, 2.24) is 5.32 Å². The van der Waals surface area contributed by atoms with E-state index >= 15 is 0 Å². The van der Waals surface area contributed by atoms with Crippen LogP contribution in [0.25, 0.3) is 0 Å². The fourth-order valence-corrected chi connectivity index (χ4v) is 1.03. The van der Waals surface area contributed by atoms with Crippen molar-refractivity contribution < 1.29 is 4.79 Å². The number of nitrogens with one attached hydrogen (secondary N) is 1. The predicted octanol–water partition coefficient (Wildman–Crippen LogP) is 1.03. The van der Waals surface area contributed by atoms with Crippen LogP contribution in [0.5, 0.6) is 0 Å². The Kier molecular flexibility index (Phi) is 5.26. The number of nitrogens with two attached hydrogens (primary N) is 1. The second-order valence-electron chi connectivity index (χ2n) is 4.19. The van der Waals surface area contributed by atoms with Crippen LogP contribution in [0.15, 0.2) is 0 Å². The Morgan fingerprint density at radius 2 is 2.21 bits per heavy atom. The van der Waals surface area contributed by atoms with Gasteiger partial charge in [-0.3, -0.25) is 4.79 Å².